The Morgan fingerprint density at radius 1 is 1.21 bits per heavy atom. The van der Waals surface area contributed by atoms with Crippen LogP contribution in [0.1, 0.15) is 16.7 Å². The number of fused-ring (bicyclic) bond motifs is 1. The highest BCUT2D eigenvalue weighted by atomic mass is 19.4. The second kappa shape index (κ2) is 3.28. The molecule has 2 rings (SSSR count). The van der Waals surface area contributed by atoms with Crippen LogP contribution in [0.2, 0.25) is 0 Å². The normalized spacial score (nSPS) is 16.5. The van der Waals surface area contributed by atoms with E-state index in [4.69, 9.17) is 0 Å². The van der Waals surface area contributed by atoms with E-state index in [1.54, 1.807) is 6.07 Å². The first kappa shape index (κ1) is 9.52. The third-order valence-electron chi connectivity index (χ3n) is 2.38. The van der Waals surface area contributed by atoms with Crippen LogP contribution in [0.4, 0.5) is 13.2 Å². The smallest absolute Gasteiger partial charge is 0.237 e. The van der Waals surface area contributed by atoms with Crippen molar-refractivity contribution in [3.8, 4) is 0 Å². The molecule has 1 aromatic rings. The molecule has 0 aromatic heterocycles. The summed E-state index contributed by atoms with van der Waals surface area (Å²) in [6, 6.07) is 4.31. The van der Waals surface area contributed by atoms with Gasteiger partial charge in [-0.25, -0.2) is 5.32 Å². The minimum absolute atomic E-state index is 0.408. The SMILES string of the molecule is FC(F)(F)c1cccc2c1CC[N]C2. The molecule has 0 bridgehead atoms. The first-order valence-electron chi connectivity index (χ1n) is 4.40. The lowest BCUT2D eigenvalue weighted by molar-refractivity contribution is -0.138. The Morgan fingerprint density at radius 3 is 2.71 bits per heavy atom. The molecular formula is C10H9F3N. The van der Waals surface area contributed by atoms with Crippen molar-refractivity contribution >= 4 is 0 Å². The maximum Gasteiger partial charge on any atom is 0.416 e. The Morgan fingerprint density at radius 2 is 2.00 bits per heavy atom. The zero-order chi connectivity index (χ0) is 10.2. The van der Waals surface area contributed by atoms with E-state index in [0.29, 0.717) is 30.6 Å². The van der Waals surface area contributed by atoms with Gasteiger partial charge in [0.2, 0.25) is 0 Å². The summed E-state index contributed by atoms with van der Waals surface area (Å²) in [6.45, 7) is 0.916. The van der Waals surface area contributed by atoms with Crippen LogP contribution in [-0.2, 0) is 19.1 Å². The zero-order valence-corrected chi connectivity index (χ0v) is 7.43. The predicted molar refractivity (Wildman–Crippen MR) is 45.9 cm³/mol. The molecule has 0 fully saturated rings. The van der Waals surface area contributed by atoms with Gasteiger partial charge in [0.05, 0.1) is 5.56 Å². The van der Waals surface area contributed by atoms with Crippen molar-refractivity contribution < 1.29 is 13.2 Å². The molecule has 1 radical (unpaired) electrons. The maximum absolute atomic E-state index is 12.5. The average molecular weight is 200 g/mol. The molecule has 1 aliphatic heterocycles. The molecule has 0 aliphatic carbocycles. The lowest BCUT2D eigenvalue weighted by Gasteiger charge is -2.20. The van der Waals surface area contributed by atoms with Gasteiger partial charge in [0.25, 0.3) is 0 Å². The van der Waals surface area contributed by atoms with Crippen molar-refractivity contribution in [2.45, 2.75) is 19.1 Å². The standard InChI is InChI=1S/C10H9F3N/c11-10(12,13)9-3-1-2-7-6-14-5-4-8(7)9/h1-3H,4-6H2. The van der Waals surface area contributed by atoms with Gasteiger partial charge in [-0.15, -0.1) is 0 Å². The van der Waals surface area contributed by atoms with Gasteiger partial charge in [0.15, 0.2) is 0 Å². The van der Waals surface area contributed by atoms with Crippen LogP contribution in [0.15, 0.2) is 18.2 Å². The van der Waals surface area contributed by atoms with E-state index in [9.17, 15) is 13.2 Å². The van der Waals surface area contributed by atoms with Crippen LogP contribution in [0, 0.1) is 0 Å². The molecule has 0 N–H and O–H groups in total. The highest BCUT2D eigenvalue weighted by molar-refractivity contribution is 5.38. The monoisotopic (exact) mass is 200 g/mol. The summed E-state index contributed by atoms with van der Waals surface area (Å²) < 4.78 is 37.6. The van der Waals surface area contributed by atoms with Gasteiger partial charge in [-0.1, -0.05) is 12.1 Å². The fraction of sp³-hybridized carbons (Fsp3) is 0.400. The van der Waals surface area contributed by atoms with E-state index in [2.05, 4.69) is 5.32 Å². The van der Waals surface area contributed by atoms with Crippen LogP contribution >= 0.6 is 0 Å². The quantitative estimate of drug-likeness (QED) is 0.610. The number of hydrogen-bond acceptors (Lipinski definition) is 0. The van der Waals surface area contributed by atoms with E-state index in [-0.39, 0.29) is 0 Å². The third kappa shape index (κ3) is 1.62. The second-order valence-electron chi connectivity index (χ2n) is 3.30. The minimum atomic E-state index is -4.23. The highest BCUT2D eigenvalue weighted by Gasteiger charge is 2.34. The molecule has 1 heterocycles. The van der Waals surface area contributed by atoms with Gasteiger partial charge < -0.3 is 0 Å². The number of halogens is 3. The minimum Gasteiger partial charge on any atom is -0.237 e. The van der Waals surface area contributed by atoms with Crippen LogP contribution < -0.4 is 5.32 Å². The van der Waals surface area contributed by atoms with E-state index in [0.717, 1.165) is 6.07 Å². The lowest BCUT2D eigenvalue weighted by atomic mass is 9.95. The zero-order valence-electron chi connectivity index (χ0n) is 7.43. The molecule has 75 valence electrons. The molecule has 1 aromatic carbocycles. The number of nitrogens with zero attached hydrogens (tertiary/aromatic N) is 1. The van der Waals surface area contributed by atoms with Crippen molar-refractivity contribution in [1.82, 2.24) is 5.32 Å². The predicted octanol–water partition coefficient (Wildman–Crippen LogP) is 2.37. The van der Waals surface area contributed by atoms with Crippen molar-refractivity contribution in [3.63, 3.8) is 0 Å². The molecule has 1 nitrogen and oxygen atoms in total. The third-order valence-corrected chi connectivity index (χ3v) is 2.38. The lowest BCUT2D eigenvalue weighted by Crippen LogP contribution is -2.21. The fourth-order valence-electron chi connectivity index (χ4n) is 1.73. The Labute approximate surface area is 79.9 Å². The number of alkyl halides is 3. The van der Waals surface area contributed by atoms with Gasteiger partial charge in [-0.2, -0.15) is 13.2 Å². The molecular weight excluding hydrogens is 191 g/mol. The van der Waals surface area contributed by atoms with E-state index in [1.165, 1.54) is 6.07 Å². The number of benzene rings is 1. The molecule has 14 heavy (non-hydrogen) atoms. The summed E-state index contributed by atoms with van der Waals surface area (Å²) in [5.41, 5.74) is 0.644. The van der Waals surface area contributed by atoms with Crippen molar-refractivity contribution in [1.29, 1.82) is 0 Å². The summed E-state index contributed by atoms with van der Waals surface area (Å²) >= 11 is 0. The highest BCUT2D eigenvalue weighted by Crippen LogP contribution is 2.34. The summed E-state index contributed by atoms with van der Waals surface area (Å²) in [7, 11) is 0. The van der Waals surface area contributed by atoms with Crippen LogP contribution in [-0.4, -0.2) is 6.54 Å². The van der Waals surface area contributed by atoms with Gasteiger partial charge in [-0.3, -0.25) is 0 Å². The Hall–Kier alpha value is -1.03. The molecule has 0 saturated heterocycles. The van der Waals surface area contributed by atoms with E-state index < -0.39 is 11.7 Å². The average Bonchev–Trinajstić information content (AvgIpc) is 2.15. The van der Waals surface area contributed by atoms with Gasteiger partial charge in [0, 0.05) is 13.1 Å². The summed E-state index contributed by atoms with van der Waals surface area (Å²) in [6.07, 6.45) is -3.83. The molecule has 0 unspecified atom stereocenters. The second-order valence-corrected chi connectivity index (χ2v) is 3.30. The molecule has 4 heteroatoms. The van der Waals surface area contributed by atoms with Crippen molar-refractivity contribution in [2.24, 2.45) is 0 Å². The van der Waals surface area contributed by atoms with Crippen LogP contribution in [0.3, 0.4) is 0 Å². The van der Waals surface area contributed by atoms with Gasteiger partial charge in [-0.05, 0) is 23.6 Å². The summed E-state index contributed by atoms with van der Waals surface area (Å²) in [5, 5.41) is 4.07. The Balaban J connectivity index is 2.51. The van der Waals surface area contributed by atoms with Crippen LogP contribution in [0.25, 0.3) is 0 Å². The number of hydrogen-bond donors (Lipinski definition) is 0. The molecule has 0 saturated carbocycles. The Bertz CT molecular complexity index is 344. The first-order chi connectivity index (χ1) is 6.59. The maximum atomic E-state index is 12.5. The molecule has 0 spiro atoms. The van der Waals surface area contributed by atoms with Gasteiger partial charge >= 0.3 is 6.18 Å². The number of rotatable bonds is 0. The van der Waals surface area contributed by atoms with Crippen molar-refractivity contribution in [3.05, 3.63) is 34.9 Å². The molecule has 1 aliphatic rings. The topological polar surface area (TPSA) is 14.1 Å². The first-order valence-corrected chi connectivity index (χ1v) is 4.40. The van der Waals surface area contributed by atoms with Gasteiger partial charge in [0.1, 0.15) is 0 Å². The molecule has 0 atom stereocenters. The van der Waals surface area contributed by atoms with E-state index >= 15 is 0 Å². The largest absolute Gasteiger partial charge is 0.416 e. The van der Waals surface area contributed by atoms with Crippen molar-refractivity contribution in [2.75, 3.05) is 6.54 Å². The summed E-state index contributed by atoms with van der Waals surface area (Å²) in [4.78, 5) is 0. The van der Waals surface area contributed by atoms with Crippen LogP contribution in [0.5, 0.6) is 0 Å². The molecule has 0 amide bonds. The fourth-order valence-corrected chi connectivity index (χ4v) is 1.73. The van der Waals surface area contributed by atoms with E-state index in [1.807, 2.05) is 0 Å². The Kier molecular flexibility index (Phi) is 2.23. The summed E-state index contributed by atoms with van der Waals surface area (Å²) in [5.74, 6) is 0.